The lowest BCUT2D eigenvalue weighted by Gasteiger charge is -2.29. The van der Waals surface area contributed by atoms with Crippen LogP contribution >= 0.6 is 12.2 Å². The molecular formula is C20H15F3N4O4S. The Kier molecular flexibility index (Phi) is 5.80. The Morgan fingerprint density at radius 2 is 1.94 bits per heavy atom. The summed E-state index contributed by atoms with van der Waals surface area (Å²) in [5, 5.41) is 17.6. The van der Waals surface area contributed by atoms with Crippen molar-refractivity contribution in [2.75, 3.05) is 16.4 Å². The van der Waals surface area contributed by atoms with E-state index < -0.39 is 41.3 Å². The number of aliphatic carboxylic acids is 1. The first-order valence-corrected chi connectivity index (χ1v) is 9.39. The van der Waals surface area contributed by atoms with E-state index in [1.165, 1.54) is 35.4 Å². The number of aromatic nitrogens is 1. The van der Waals surface area contributed by atoms with Gasteiger partial charge < -0.3 is 14.7 Å². The standard InChI is InChI=1S/C20H15F3N4O4S/c1-19(2)17(30)26(12-4-3-11(8-24)14(7-12)20(21,22)23)18(32)27(19)13-5-6-15(25-9-13)31-10-16(28)29/h3-7,9H,10H2,1-2H3,(H,28,29). The maximum atomic E-state index is 13.4. The van der Waals surface area contributed by atoms with Crippen molar-refractivity contribution in [3.05, 3.63) is 47.7 Å². The van der Waals surface area contributed by atoms with E-state index in [-0.39, 0.29) is 16.7 Å². The highest BCUT2D eigenvalue weighted by Gasteiger charge is 2.50. The Hall–Kier alpha value is -3.72. The highest BCUT2D eigenvalue weighted by Crippen LogP contribution is 2.39. The summed E-state index contributed by atoms with van der Waals surface area (Å²) >= 11 is 5.42. The number of carboxylic acid groups (broad SMARTS) is 1. The van der Waals surface area contributed by atoms with Gasteiger partial charge in [-0.25, -0.2) is 9.78 Å². The number of nitriles is 1. The molecule has 0 spiro atoms. The third-order valence-corrected chi connectivity index (χ3v) is 5.04. The number of hydrogen-bond donors (Lipinski definition) is 1. The minimum Gasteiger partial charge on any atom is -0.479 e. The lowest BCUT2D eigenvalue weighted by Crippen LogP contribution is -2.44. The number of nitrogens with zero attached hydrogens (tertiary/aromatic N) is 4. The predicted octanol–water partition coefficient (Wildman–Crippen LogP) is 3.35. The number of ether oxygens (including phenoxy) is 1. The molecule has 2 heterocycles. The van der Waals surface area contributed by atoms with Gasteiger partial charge in [0.05, 0.1) is 34.8 Å². The first-order valence-electron chi connectivity index (χ1n) is 8.98. The molecule has 0 unspecified atom stereocenters. The highest BCUT2D eigenvalue weighted by molar-refractivity contribution is 7.81. The topological polar surface area (TPSA) is 107 Å². The molecule has 166 valence electrons. The molecule has 0 bridgehead atoms. The van der Waals surface area contributed by atoms with Crippen LogP contribution in [0.4, 0.5) is 24.5 Å². The zero-order valence-electron chi connectivity index (χ0n) is 16.7. The van der Waals surface area contributed by atoms with Crippen LogP contribution in [0.25, 0.3) is 0 Å². The molecule has 0 atom stereocenters. The Morgan fingerprint density at radius 3 is 2.47 bits per heavy atom. The SMILES string of the molecule is CC1(C)C(=O)N(c2ccc(C#N)c(C(F)(F)F)c2)C(=S)N1c1ccc(OCC(=O)O)nc1. The van der Waals surface area contributed by atoms with Crippen LogP contribution in [0.2, 0.25) is 0 Å². The molecule has 1 aliphatic heterocycles. The Morgan fingerprint density at radius 1 is 1.28 bits per heavy atom. The predicted molar refractivity (Wildman–Crippen MR) is 110 cm³/mol. The number of hydrogen-bond acceptors (Lipinski definition) is 6. The van der Waals surface area contributed by atoms with Gasteiger partial charge in [0.1, 0.15) is 5.54 Å². The number of benzene rings is 1. The van der Waals surface area contributed by atoms with E-state index >= 15 is 0 Å². The average molecular weight is 464 g/mol. The number of amides is 1. The van der Waals surface area contributed by atoms with Crippen molar-refractivity contribution in [2.45, 2.75) is 25.6 Å². The molecule has 1 aromatic heterocycles. The van der Waals surface area contributed by atoms with Crippen LogP contribution in [0.3, 0.4) is 0 Å². The third-order valence-electron chi connectivity index (χ3n) is 4.68. The summed E-state index contributed by atoms with van der Waals surface area (Å²) in [6, 6.07) is 7.29. The fraction of sp³-hybridized carbons (Fsp3) is 0.250. The van der Waals surface area contributed by atoms with E-state index in [2.05, 4.69) is 4.98 Å². The number of carboxylic acids is 1. The fourth-order valence-corrected chi connectivity index (χ4v) is 3.71. The minimum absolute atomic E-state index is 0.0316. The summed E-state index contributed by atoms with van der Waals surface area (Å²) in [6.45, 7) is 2.50. The normalized spacial score (nSPS) is 15.6. The maximum absolute atomic E-state index is 13.4. The number of carbonyl (C=O) groups is 2. The molecule has 12 heteroatoms. The van der Waals surface area contributed by atoms with E-state index in [1.807, 2.05) is 0 Å². The highest BCUT2D eigenvalue weighted by atomic mass is 32.1. The minimum atomic E-state index is -4.80. The van der Waals surface area contributed by atoms with Crippen molar-refractivity contribution in [1.82, 2.24) is 4.98 Å². The van der Waals surface area contributed by atoms with Gasteiger partial charge in [-0.3, -0.25) is 9.69 Å². The van der Waals surface area contributed by atoms with Gasteiger partial charge in [0.25, 0.3) is 5.91 Å². The lowest BCUT2D eigenvalue weighted by atomic mass is 10.0. The summed E-state index contributed by atoms with van der Waals surface area (Å²) in [5.41, 5.74) is -2.80. The number of thiocarbonyl (C=S) groups is 1. The van der Waals surface area contributed by atoms with Gasteiger partial charge in [0.2, 0.25) is 5.88 Å². The second-order valence-corrected chi connectivity index (χ2v) is 7.56. The average Bonchev–Trinajstić information content (AvgIpc) is 2.90. The second-order valence-electron chi connectivity index (χ2n) is 7.19. The van der Waals surface area contributed by atoms with E-state index in [9.17, 15) is 22.8 Å². The molecule has 1 N–H and O–H groups in total. The monoisotopic (exact) mass is 464 g/mol. The second kappa shape index (κ2) is 8.08. The zero-order valence-corrected chi connectivity index (χ0v) is 17.5. The molecule has 0 saturated carbocycles. The quantitative estimate of drug-likeness (QED) is 0.672. The molecule has 0 aliphatic carbocycles. The molecule has 1 amide bonds. The number of halogens is 3. The van der Waals surface area contributed by atoms with Crippen LogP contribution in [0.1, 0.15) is 25.0 Å². The van der Waals surface area contributed by atoms with E-state index in [1.54, 1.807) is 13.8 Å². The summed E-state index contributed by atoms with van der Waals surface area (Å²) in [7, 11) is 0. The molecule has 1 aromatic carbocycles. The summed E-state index contributed by atoms with van der Waals surface area (Å²) in [6.07, 6.45) is -3.49. The number of pyridine rings is 1. The molecule has 1 fully saturated rings. The smallest absolute Gasteiger partial charge is 0.417 e. The van der Waals surface area contributed by atoms with Crippen LogP contribution in [0.5, 0.6) is 5.88 Å². The van der Waals surface area contributed by atoms with Crippen LogP contribution in [0.15, 0.2) is 36.5 Å². The zero-order chi connectivity index (χ0) is 23.8. The van der Waals surface area contributed by atoms with Crippen molar-refractivity contribution >= 4 is 40.6 Å². The van der Waals surface area contributed by atoms with Crippen LogP contribution in [-0.4, -0.2) is 39.2 Å². The van der Waals surface area contributed by atoms with Gasteiger partial charge in [0, 0.05) is 6.07 Å². The van der Waals surface area contributed by atoms with E-state index in [0.29, 0.717) is 11.8 Å². The molecule has 8 nitrogen and oxygen atoms in total. The maximum Gasteiger partial charge on any atom is 0.417 e. The van der Waals surface area contributed by atoms with Gasteiger partial charge in [-0.2, -0.15) is 18.4 Å². The Labute approximate surface area is 185 Å². The molecule has 1 aliphatic rings. The molecule has 2 aromatic rings. The Balaban J connectivity index is 1.99. The van der Waals surface area contributed by atoms with Crippen molar-refractivity contribution in [3.63, 3.8) is 0 Å². The molecule has 0 radical (unpaired) electrons. The Bertz CT molecular complexity index is 1140. The van der Waals surface area contributed by atoms with Gasteiger partial charge >= 0.3 is 12.1 Å². The summed E-state index contributed by atoms with van der Waals surface area (Å²) in [4.78, 5) is 30.1. The fourth-order valence-electron chi connectivity index (χ4n) is 3.19. The number of anilines is 2. The van der Waals surface area contributed by atoms with Gasteiger partial charge in [-0.05, 0) is 50.3 Å². The van der Waals surface area contributed by atoms with Gasteiger partial charge in [-0.15, -0.1) is 0 Å². The number of alkyl halides is 3. The molecule has 32 heavy (non-hydrogen) atoms. The third kappa shape index (κ3) is 4.06. The van der Waals surface area contributed by atoms with Gasteiger partial charge in [0.15, 0.2) is 11.7 Å². The van der Waals surface area contributed by atoms with E-state index in [4.69, 9.17) is 27.3 Å². The van der Waals surface area contributed by atoms with Crippen molar-refractivity contribution in [3.8, 4) is 11.9 Å². The summed E-state index contributed by atoms with van der Waals surface area (Å²) in [5.74, 6) is -1.73. The summed E-state index contributed by atoms with van der Waals surface area (Å²) < 4.78 is 45.1. The largest absolute Gasteiger partial charge is 0.479 e. The molecular weight excluding hydrogens is 449 g/mol. The van der Waals surface area contributed by atoms with Crippen LogP contribution < -0.4 is 14.5 Å². The van der Waals surface area contributed by atoms with Gasteiger partial charge in [-0.1, -0.05) is 0 Å². The number of rotatable bonds is 5. The van der Waals surface area contributed by atoms with E-state index in [0.717, 1.165) is 11.0 Å². The lowest BCUT2D eigenvalue weighted by molar-refractivity contribution is -0.139. The first kappa shape index (κ1) is 23.0. The molecule has 3 rings (SSSR count). The number of carbonyl (C=O) groups excluding carboxylic acids is 1. The molecule has 1 saturated heterocycles. The van der Waals surface area contributed by atoms with Crippen molar-refractivity contribution < 1.29 is 32.6 Å². The van der Waals surface area contributed by atoms with Crippen LogP contribution in [-0.2, 0) is 15.8 Å². The van der Waals surface area contributed by atoms with Crippen LogP contribution in [0, 0.1) is 11.3 Å². The van der Waals surface area contributed by atoms with Crippen molar-refractivity contribution in [2.24, 2.45) is 0 Å². The van der Waals surface area contributed by atoms with Crippen molar-refractivity contribution in [1.29, 1.82) is 5.26 Å². The first-order chi connectivity index (χ1) is 14.9.